The van der Waals surface area contributed by atoms with E-state index in [1.165, 1.54) is 24.3 Å². The quantitative estimate of drug-likeness (QED) is 0.583. The Labute approximate surface area is 165 Å². The highest BCUT2D eigenvalue weighted by molar-refractivity contribution is 5.89. The number of hydrogen-bond acceptors (Lipinski definition) is 4. The summed E-state index contributed by atoms with van der Waals surface area (Å²) < 4.78 is 0. The van der Waals surface area contributed by atoms with Crippen LogP contribution in [0, 0.1) is 5.41 Å². The molecular formula is C20H41N3O4. The molecule has 0 fully saturated rings. The van der Waals surface area contributed by atoms with Crippen molar-refractivity contribution in [2.45, 2.75) is 67.9 Å². The van der Waals surface area contributed by atoms with Crippen LogP contribution in [0.15, 0.2) is 11.6 Å². The second kappa shape index (κ2) is 16.3. The van der Waals surface area contributed by atoms with Crippen molar-refractivity contribution >= 4 is 17.8 Å². The number of carboxylic acid groups (broad SMARTS) is 1. The van der Waals surface area contributed by atoms with E-state index in [0.29, 0.717) is 0 Å². The molecule has 0 aliphatic heterocycles. The van der Waals surface area contributed by atoms with Crippen molar-refractivity contribution < 1.29 is 19.5 Å². The summed E-state index contributed by atoms with van der Waals surface area (Å²) in [6.07, 6.45) is 2.72. The largest absolute Gasteiger partial charge is 0.478 e. The summed E-state index contributed by atoms with van der Waals surface area (Å²) in [6.45, 7) is 15.6. The molecule has 0 aliphatic carbocycles. The molecule has 0 saturated heterocycles. The average Bonchev–Trinajstić information content (AvgIpc) is 2.58. The standard InChI is InChI=1S/C15H27N3O4.C3H8.C2H6/c1-10(14(21)22)7-8-18(6)13(20)12(15(2,3)4)17-11(19)9-16-5;1-3-2;1-2/h7,12,16H,8-9H2,1-6H3,(H,17,19)(H,21,22);3H2,1-2H3;1-2H3/b10-7+;;. The highest BCUT2D eigenvalue weighted by Crippen LogP contribution is 2.21. The van der Waals surface area contributed by atoms with E-state index < -0.39 is 17.4 Å². The van der Waals surface area contributed by atoms with Gasteiger partial charge in [-0.25, -0.2) is 4.79 Å². The Morgan fingerprint density at radius 1 is 1.15 bits per heavy atom. The topological polar surface area (TPSA) is 98.7 Å². The van der Waals surface area contributed by atoms with Gasteiger partial charge >= 0.3 is 5.97 Å². The maximum atomic E-state index is 12.5. The lowest BCUT2D eigenvalue weighted by molar-refractivity contribution is -0.137. The van der Waals surface area contributed by atoms with E-state index in [0.717, 1.165) is 0 Å². The number of carboxylic acids is 1. The molecule has 27 heavy (non-hydrogen) atoms. The average molecular weight is 388 g/mol. The number of nitrogens with zero attached hydrogens (tertiary/aromatic N) is 1. The van der Waals surface area contributed by atoms with Crippen LogP contribution in [0.25, 0.3) is 0 Å². The summed E-state index contributed by atoms with van der Waals surface area (Å²) in [4.78, 5) is 36.4. The Balaban J connectivity index is -0.00000104. The lowest BCUT2D eigenvalue weighted by atomic mass is 9.85. The first kappa shape index (κ1) is 29.9. The van der Waals surface area contributed by atoms with Crippen LogP contribution in [0.2, 0.25) is 0 Å². The molecule has 0 rings (SSSR count). The molecule has 0 spiro atoms. The van der Waals surface area contributed by atoms with Gasteiger partial charge in [0.2, 0.25) is 11.8 Å². The van der Waals surface area contributed by atoms with Gasteiger partial charge in [-0.2, -0.15) is 0 Å². The van der Waals surface area contributed by atoms with Crippen LogP contribution in [0.5, 0.6) is 0 Å². The summed E-state index contributed by atoms with van der Waals surface area (Å²) in [5, 5.41) is 14.3. The molecule has 2 amide bonds. The summed E-state index contributed by atoms with van der Waals surface area (Å²) in [7, 11) is 3.23. The lowest BCUT2D eigenvalue weighted by Gasteiger charge is -2.33. The number of hydrogen-bond donors (Lipinski definition) is 3. The zero-order valence-electron chi connectivity index (χ0n) is 18.9. The first-order chi connectivity index (χ1) is 12.4. The summed E-state index contributed by atoms with van der Waals surface area (Å²) >= 11 is 0. The van der Waals surface area contributed by atoms with Crippen LogP contribution in [0.3, 0.4) is 0 Å². The molecule has 0 radical (unpaired) electrons. The van der Waals surface area contributed by atoms with E-state index in [-0.39, 0.29) is 30.5 Å². The van der Waals surface area contributed by atoms with Gasteiger partial charge in [0.1, 0.15) is 6.04 Å². The third-order valence-corrected chi connectivity index (χ3v) is 3.14. The van der Waals surface area contributed by atoms with Crippen molar-refractivity contribution in [2.75, 3.05) is 27.2 Å². The van der Waals surface area contributed by atoms with Gasteiger partial charge in [-0.3, -0.25) is 9.59 Å². The smallest absolute Gasteiger partial charge is 0.331 e. The minimum Gasteiger partial charge on any atom is -0.478 e. The molecule has 160 valence electrons. The third-order valence-electron chi connectivity index (χ3n) is 3.14. The van der Waals surface area contributed by atoms with Crippen molar-refractivity contribution in [1.82, 2.24) is 15.5 Å². The van der Waals surface area contributed by atoms with Crippen molar-refractivity contribution in [3.05, 3.63) is 11.6 Å². The van der Waals surface area contributed by atoms with Crippen LogP contribution < -0.4 is 10.6 Å². The number of rotatable bonds is 7. The highest BCUT2D eigenvalue weighted by atomic mass is 16.4. The molecule has 3 N–H and O–H groups in total. The van der Waals surface area contributed by atoms with Crippen LogP contribution in [-0.2, 0) is 14.4 Å². The molecule has 0 aliphatic rings. The number of likely N-dealkylation sites (N-methyl/N-ethyl adjacent to an activating group) is 2. The molecule has 7 nitrogen and oxygen atoms in total. The highest BCUT2D eigenvalue weighted by Gasteiger charge is 2.34. The van der Waals surface area contributed by atoms with E-state index in [2.05, 4.69) is 24.5 Å². The summed E-state index contributed by atoms with van der Waals surface area (Å²) in [6, 6.07) is -0.683. The van der Waals surface area contributed by atoms with E-state index in [4.69, 9.17) is 5.11 Å². The van der Waals surface area contributed by atoms with Gasteiger partial charge in [0.25, 0.3) is 0 Å². The zero-order valence-corrected chi connectivity index (χ0v) is 18.9. The van der Waals surface area contributed by atoms with Gasteiger partial charge in [0.15, 0.2) is 0 Å². The predicted molar refractivity (Wildman–Crippen MR) is 112 cm³/mol. The molecular weight excluding hydrogens is 346 g/mol. The fourth-order valence-corrected chi connectivity index (χ4v) is 1.69. The molecule has 0 aromatic rings. The Hall–Kier alpha value is -1.89. The Bertz CT molecular complexity index is 468. The van der Waals surface area contributed by atoms with Crippen LogP contribution >= 0.6 is 0 Å². The van der Waals surface area contributed by atoms with Gasteiger partial charge in [-0.05, 0) is 19.4 Å². The van der Waals surface area contributed by atoms with Gasteiger partial charge in [-0.1, -0.05) is 61.0 Å². The fourth-order valence-electron chi connectivity index (χ4n) is 1.69. The van der Waals surface area contributed by atoms with Crippen molar-refractivity contribution in [1.29, 1.82) is 0 Å². The molecule has 0 heterocycles. The van der Waals surface area contributed by atoms with Crippen molar-refractivity contribution in [2.24, 2.45) is 5.41 Å². The maximum absolute atomic E-state index is 12.5. The first-order valence-corrected chi connectivity index (χ1v) is 9.51. The van der Waals surface area contributed by atoms with E-state index >= 15 is 0 Å². The third kappa shape index (κ3) is 14.9. The van der Waals surface area contributed by atoms with Gasteiger partial charge in [0, 0.05) is 19.2 Å². The Morgan fingerprint density at radius 2 is 1.59 bits per heavy atom. The van der Waals surface area contributed by atoms with E-state index in [9.17, 15) is 14.4 Å². The second-order valence-corrected chi connectivity index (χ2v) is 7.02. The number of amides is 2. The van der Waals surface area contributed by atoms with E-state index in [1.54, 1.807) is 14.1 Å². The van der Waals surface area contributed by atoms with Crippen molar-refractivity contribution in [3.63, 3.8) is 0 Å². The fraction of sp³-hybridized carbons (Fsp3) is 0.750. The molecule has 0 aromatic heterocycles. The Kier molecular flexibility index (Phi) is 18.0. The number of nitrogens with one attached hydrogen (secondary N) is 2. The van der Waals surface area contributed by atoms with Gasteiger partial charge in [-0.15, -0.1) is 0 Å². The van der Waals surface area contributed by atoms with E-state index in [1.807, 2.05) is 34.6 Å². The summed E-state index contributed by atoms with van der Waals surface area (Å²) in [5.74, 6) is -1.54. The van der Waals surface area contributed by atoms with Crippen LogP contribution in [0.1, 0.15) is 61.8 Å². The molecule has 0 saturated carbocycles. The van der Waals surface area contributed by atoms with Crippen molar-refractivity contribution in [3.8, 4) is 0 Å². The van der Waals surface area contributed by atoms with Crippen LogP contribution in [-0.4, -0.2) is 61.0 Å². The molecule has 1 unspecified atom stereocenters. The molecule has 1 atom stereocenters. The SMILES string of the molecule is CC.CCC.CNCC(=O)NC(C(=O)N(C)C/C=C(\C)C(=O)O)C(C)(C)C. The normalized spacial score (nSPS) is 11.9. The lowest BCUT2D eigenvalue weighted by Crippen LogP contribution is -2.55. The molecule has 0 aromatic carbocycles. The Morgan fingerprint density at radius 3 is 1.93 bits per heavy atom. The first-order valence-electron chi connectivity index (χ1n) is 9.51. The van der Waals surface area contributed by atoms with Gasteiger partial charge < -0.3 is 20.6 Å². The minimum atomic E-state index is -1.02. The predicted octanol–water partition coefficient (Wildman–Crippen LogP) is 2.67. The number of aliphatic carboxylic acids is 1. The van der Waals surface area contributed by atoms with Gasteiger partial charge in [0.05, 0.1) is 6.54 Å². The second-order valence-electron chi connectivity index (χ2n) is 7.02. The molecule has 0 bridgehead atoms. The number of carbonyl (C=O) groups excluding carboxylic acids is 2. The zero-order chi connectivity index (χ0) is 22.2. The summed E-state index contributed by atoms with van der Waals surface area (Å²) in [5.41, 5.74) is -0.286. The molecule has 7 heteroatoms. The number of carbonyl (C=O) groups is 3. The minimum absolute atomic E-state index is 0.127. The monoisotopic (exact) mass is 387 g/mol. The maximum Gasteiger partial charge on any atom is 0.331 e. The van der Waals surface area contributed by atoms with Crippen LogP contribution in [0.4, 0.5) is 0 Å².